The molecule has 0 aliphatic carbocycles. The second-order valence-corrected chi connectivity index (χ2v) is 7.20. The third kappa shape index (κ3) is 3.88. The first-order valence-electron chi connectivity index (χ1n) is 9.57. The largest absolute Gasteiger partial charge is 0.376 e. The van der Waals surface area contributed by atoms with E-state index in [1.165, 1.54) is 18.6 Å². The molecule has 4 rings (SSSR count). The van der Waals surface area contributed by atoms with Crippen molar-refractivity contribution in [2.24, 2.45) is 0 Å². The fourth-order valence-electron chi connectivity index (χ4n) is 3.29. The summed E-state index contributed by atoms with van der Waals surface area (Å²) in [7, 11) is 1.70. The first kappa shape index (κ1) is 19.2. The van der Waals surface area contributed by atoms with Crippen LogP contribution in [0.25, 0.3) is 11.6 Å². The second kappa shape index (κ2) is 8.08. The summed E-state index contributed by atoms with van der Waals surface area (Å²) in [5.41, 5.74) is 3.15. The van der Waals surface area contributed by atoms with Gasteiger partial charge in [0, 0.05) is 56.1 Å². The van der Waals surface area contributed by atoms with Crippen LogP contribution < -0.4 is 0 Å². The van der Waals surface area contributed by atoms with Crippen LogP contribution in [0, 0.1) is 0 Å². The highest BCUT2D eigenvalue weighted by Crippen LogP contribution is 2.29. The molecule has 0 bridgehead atoms. The topological polar surface area (TPSA) is 112 Å². The Morgan fingerprint density at radius 2 is 2.21 bits per heavy atom. The normalized spacial score (nSPS) is 13.5. The summed E-state index contributed by atoms with van der Waals surface area (Å²) in [6.07, 6.45) is 5.74. The van der Waals surface area contributed by atoms with Gasteiger partial charge >= 0.3 is 0 Å². The van der Waals surface area contributed by atoms with E-state index in [1.807, 2.05) is 4.68 Å². The fourth-order valence-corrected chi connectivity index (χ4v) is 3.29. The van der Waals surface area contributed by atoms with Gasteiger partial charge in [-0.2, -0.15) is 10.1 Å². The van der Waals surface area contributed by atoms with Crippen LogP contribution in [0.1, 0.15) is 47.5 Å². The van der Waals surface area contributed by atoms with Crippen molar-refractivity contribution in [1.82, 2.24) is 34.8 Å². The summed E-state index contributed by atoms with van der Waals surface area (Å²) in [5, 5.41) is 8.76. The molecular weight excluding hydrogens is 374 g/mol. The van der Waals surface area contributed by atoms with Gasteiger partial charge in [0.25, 0.3) is 11.8 Å². The van der Waals surface area contributed by atoms with Crippen LogP contribution in [-0.2, 0) is 24.2 Å². The van der Waals surface area contributed by atoms with E-state index in [4.69, 9.17) is 14.4 Å². The zero-order valence-corrected chi connectivity index (χ0v) is 16.7. The van der Waals surface area contributed by atoms with E-state index in [0.29, 0.717) is 49.3 Å². The molecular formula is C19H23N7O3. The number of nitrogens with zero attached hydrogens (tertiary/aromatic N) is 7. The molecule has 29 heavy (non-hydrogen) atoms. The van der Waals surface area contributed by atoms with Gasteiger partial charge in [0.15, 0.2) is 11.5 Å². The molecule has 0 atom stereocenters. The number of hydrogen-bond acceptors (Lipinski definition) is 8. The van der Waals surface area contributed by atoms with E-state index in [2.05, 4.69) is 34.0 Å². The van der Waals surface area contributed by atoms with Gasteiger partial charge in [-0.05, 0) is 13.8 Å². The molecule has 152 valence electrons. The molecule has 1 amide bonds. The smallest absolute Gasteiger partial charge is 0.278 e. The highest BCUT2D eigenvalue weighted by Gasteiger charge is 2.26. The lowest BCUT2D eigenvalue weighted by atomic mass is 10.1. The van der Waals surface area contributed by atoms with Crippen LogP contribution in [0.3, 0.4) is 0 Å². The molecule has 4 heterocycles. The molecule has 0 fully saturated rings. The minimum Gasteiger partial charge on any atom is -0.376 e. The summed E-state index contributed by atoms with van der Waals surface area (Å²) in [5.74, 6) is 0.691. The Hall–Kier alpha value is -3.14. The zero-order chi connectivity index (χ0) is 20.4. The molecule has 1 aliphatic heterocycles. The molecule has 0 unspecified atom stereocenters. The molecule has 0 saturated carbocycles. The number of aromatic nitrogens is 6. The Morgan fingerprint density at radius 3 is 2.97 bits per heavy atom. The molecule has 3 aromatic heterocycles. The quantitative estimate of drug-likeness (QED) is 0.618. The van der Waals surface area contributed by atoms with Crippen LogP contribution in [-0.4, -0.2) is 60.9 Å². The molecule has 0 aromatic carbocycles. The number of amides is 1. The van der Waals surface area contributed by atoms with Crippen LogP contribution in [0.5, 0.6) is 0 Å². The molecule has 10 nitrogen and oxygen atoms in total. The summed E-state index contributed by atoms with van der Waals surface area (Å²) in [6, 6.07) is 0.235. The Labute approximate surface area is 167 Å². The Kier molecular flexibility index (Phi) is 5.34. The van der Waals surface area contributed by atoms with Crippen molar-refractivity contribution in [2.45, 2.75) is 39.3 Å². The maximum absolute atomic E-state index is 12.4. The summed E-state index contributed by atoms with van der Waals surface area (Å²) in [6.45, 7) is 5.79. The van der Waals surface area contributed by atoms with Crippen molar-refractivity contribution < 1.29 is 14.1 Å². The predicted molar refractivity (Wildman–Crippen MR) is 102 cm³/mol. The minimum absolute atomic E-state index is 0.205. The predicted octanol–water partition coefficient (Wildman–Crippen LogP) is 1.69. The van der Waals surface area contributed by atoms with Crippen LogP contribution in [0.15, 0.2) is 23.1 Å². The van der Waals surface area contributed by atoms with Gasteiger partial charge in [-0.25, -0.2) is 4.98 Å². The van der Waals surface area contributed by atoms with Crippen LogP contribution >= 0.6 is 0 Å². The Morgan fingerprint density at radius 1 is 1.34 bits per heavy atom. The maximum atomic E-state index is 12.4. The summed E-state index contributed by atoms with van der Waals surface area (Å²) >= 11 is 0. The Bertz CT molecular complexity index is 997. The van der Waals surface area contributed by atoms with Crippen molar-refractivity contribution in [3.63, 3.8) is 0 Å². The van der Waals surface area contributed by atoms with E-state index in [9.17, 15) is 4.79 Å². The van der Waals surface area contributed by atoms with Gasteiger partial charge in [0.05, 0.1) is 19.4 Å². The standard InChI is InChI=1S/C19H23N7O3/c1-12(2)26-15-5-9-28-11-13(15)17(23-26)18-22-16(24-29-18)4-8-25(3)19(27)14-10-20-6-7-21-14/h6-7,10,12H,4-5,8-9,11H2,1-3H3. The molecule has 3 aromatic rings. The number of carbonyl (C=O) groups excluding carboxylic acids is 1. The van der Waals surface area contributed by atoms with Crippen molar-refractivity contribution >= 4 is 5.91 Å². The minimum atomic E-state index is -0.205. The van der Waals surface area contributed by atoms with E-state index < -0.39 is 0 Å². The van der Waals surface area contributed by atoms with Gasteiger partial charge in [0.2, 0.25) is 0 Å². The zero-order valence-electron chi connectivity index (χ0n) is 16.7. The van der Waals surface area contributed by atoms with E-state index in [-0.39, 0.29) is 11.9 Å². The number of fused-ring (bicyclic) bond motifs is 1. The van der Waals surface area contributed by atoms with Gasteiger partial charge in [-0.1, -0.05) is 5.16 Å². The Balaban J connectivity index is 1.47. The third-order valence-electron chi connectivity index (χ3n) is 4.81. The van der Waals surface area contributed by atoms with Gasteiger partial charge in [-0.15, -0.1) is 0 Å². The number of hydrogen-bond donors (Lipinski definition) is 0. The van der Waals surface area contributed by atoms with Gasteiger partial charge < -0.3 is 14.2 Å². The van der Waals surface area contributed by atoms with E-state index in [1.54, 1.807) is 11.9 Å². The number of carbonyl (C=O) groups is 1. The maximum Gasteiger partial charge on any atom is 0.278 e. The van der Waals surface area contributed by atoms with Gasteiger partial charge in [-0.3, -0.25) is 14.5 Å². The molecule has 1 aliphatic rings. The average Bonchev–Trinajstić information content (AvgIpc) is 3.36. The summed E-state index contributed by atoms with van der Waals surface area (Å²) in [4.78, 5) is 26.4. The second-order valence-electron chi connectivity index (χ2n) is 7.20. The van der Waals surface area contributed by atoms with Crippen LogP contribution in [0.4, 0.5) is 0 Å². The molecule has 0 saturated heterocycles. The first-order valence-corrected chi connectivity index (χ1v) is 9.57. The van der Waals surface area contributed by atoms with Crippen molar-refractivity contribution in [3.05, 3.63) is 41.4 Å². The lowest BCUT2D eigenvalue weighted by Gasteiger charge is -2.16. The fraction of sp³-hybridized carbons (Fsp3) is 0.474. The third-order valence-corrected chi connectivity index (χ3v) is 4.81. The van der Waals surface area contributed by atoms with E-state index >= 15 is 0 Å². The monoisotopic (exact) mass is 397 g/mol. The number of ether oxygens (including phenoxy) is 1. The average molecular weight is 397 g/mol. The molecule has 0 N–H and O–H groups in total. The van der Waals surface area contributed by atoms with Crippen LogP contribution in [0.2, 0.25) is 0 Å². The summed E-state index contributed by atoms with van der Waals surface area (Å²) < 4.78 is 13.1. The molecule has 0 spiro atoms. The first-order chi connectivity index (χ1) is 14.0. The number of likely N-dealkylation sites (N-methyl/N-ethyl adjacent to an activating group) is 1. The number of rotatable bonds is 6. The van der Waals surface area contributed by atoms with Gasteiger partial charge in [0.1, 0.15) is 5.69 Å². The van der Waals surface area contributed by atoms with Crippen molar-refractivity contribution in [1.29, 1.82) is 0 Å². The lowest BCUT2D eigenvalue weighted by Crippen LogP contribution is -2.29. The van der Waals surface area contributed by atoms with E-state index in [0.717, 1.165) is 17.7 Å². The molecule has 0 radical (unpaired) electrons. The molecule has 10 heteroatoms. The van der Waals surface area contributed by atoms with Crippen molar-refractivity contribution in [3.8, 4) is 11.6 Å². The van der Waals surface area contributed by atoms with Crippen molar-refractivity contribution in [2.75, 3.05) is 20.2 Å². The highest BCUT2D eigenvalue weighted by atomic mass is 16.5. The highest BCUT2D eigenvalue weighted by molar-refractivity contribution is 5.91. The lowest BCUT2D eigenvalue weighted by molar-refractivity contribution is 0.0789. The SMILES string of the molecule is CC(C)n1nc(-c2nc(CCN(C)C(=O)c3cnccn3)no2)c2c1CCOC2.